The van der Waals surface area contributed by atoms with Crippen LogP contribution < -0.4 is 10.6 Å². The molecule has 21 heavy (non-hydrogen) atoms. The highest BCUT2D eigenvalue weighted by molar-refractivity contribution is 5.94. The number of hydrogen-bond donors (Lipinski definition) is 2. The van der Waals surface area contributed by atoms with E-state index in [-0.39, 0.29) is 11.8 Å². The van der Waals surface area contributed by atoms with Gasteiger partial charge in [0.1, 0.15) is 0 Å². The van der Waals surface area contributed by atoms with Crippen LogP contribution in [0, 0.1) is 17.8 Å². The Morgan fingerprint density at radius 2 is 1.81 bits per heavy atom. The van der Waals surface area contributed by atoms with Crippen molar-refractivity contribution >= 4 is 17.3 Å². The predicted octanol–water partition coefficient (Wildman–Crippen LogP) is 4.27. The lowest BCUT2D eigenvalue weighted by Gasteiger charge is -2.33. The van der Waals surface area contributed by atoms with E-state index in [1.807, 2.05) is 12.1 Å². The SMILES string of the molecule is CC1CCC(Nc2cccc(NC(=O)C3CC3)c2)CC1C. The predicted molar refractivity (Wildman–Crippen MR) is 87.4 cm³/mol. The van der Waals surface area contributed by atoms with E-state index in [0.29, 0.717) is 6.04 Å². The van der Waals surface area contributed by atoms with E-state index in [0.717, 1.165) is 36.1 Å². The van der Waals surface area contributed by atoms with Crippen molar-refractivity contribution in [1.82, 2.24) is 0 Å². The van der Waals surface area contributed by atoms with E-state index in [1.165, 1.54) is 19.3 Å². The zero-order chi connectivity index (χ0) is 14.8. The maximum atomic E-state index is 11.8. The van der Waals surface area contributed by atoms with Gasteiger partial charge in [-0.25, -0.2) is 0 Å². The minimum atomic E-state index is 0.173. The quantitative estimate of drug-likeness (QED) is 0.867. The van der Waals surface area contributed by atoms with E-state index in [4.69, 9.17) is 0 Å². The van der Waals surface area contributed by atoms with Gasteiger partial charge in [0.2, 0.25) is 5.91 Å². The third-order valence-corrected chi connectivity index (χ3v) is 5.05. The Labute approximate surface area is 127 Å². The summed E-state index contributed by atoms with van der Waals surface area (Å²) in [5.74, 6) is 2.05. The number of rotatable bonds is 4. The van der Waals surface area contributed by atoms with E-state index in [2.05, 4.69) is 36.6 Å². The van der Waals surface area contributed by atoms with Gasteiger partial charge in [-0.3, -0.25) is 4.79 Å². The molecule has 0 heterocycles. The summed E-state index contributed by atoms with van der Waals surface area (Å²) in [4.78, 5) is 11.8. The molecule has 3 unspecified atom stereocenters. The van der Waals surface area contributed by atoms with Crippen molar-refractivity contribution in [3.05, 3.63) is 24.3 Å². The normalized spacial score (nSPS) is 29.0. The molecular weight excluding hydrogens is 260 g/mol. The number of carbonyl (C=O) groups is 1. The lowest BCUT2D eigenvalue weighted by Crippen LogP contribution is -2.30. The summed E-state index contributed by atoms with van der Waals surface area (Å²) in [6, 6.07) is 8.69. The number of nitrogens with one attached hydrogen (secondary N) is 2. The molecule has 2 aliphatic carbocycles. The van der Waals surface area contributed by atoms with Crippen LogP contribution in [0.3, 0.4) is 0 Å². The van der Waals surface area contributed by atoms with E-state index >= 15 is 0 Å². The van der Waals surface area contributed by atoms with Gasteiger partial charge in [-0.1, -0.05) is 19.9 Å². The highest BCUT2D eigenvalue weighted by Gasteiger charge is 2.29. The van der Waals surface area contributed by atoms with E-state index < -0.39 is 0 Å². The van der Waals surface area contributed by atoms with Gasteiger partial charge in [-0.05, 0) is 62.1 Å². The summed E-state index contributed by atoms with van der Waals surface area (Å²) in [5, 5.41) is 6.66. The molecule has 114 valence electrons. The molecule has 1 aromatic rings. The minimum absolute atomic E-state index is 0.173. The molecule has 1 aromatic carbocycles. The third-order valence-electron chi connectivity index (χ3n) is 5.05. The fourth-order valence-corrected chi connectivity index (χ4v) is 3.19. The molecule has 2 N–H and O–H groups in total. The Bertz CT molecular complexity index is 510. The highest BCUT2D eigenvalue weighted by Crippen LogP contribution is 2.32. The Balaban J connectivity index is 1.59. The molecule has 0 aromatic heterocycles. The molecule has 2 fully saturated rings. The standard InChI is InChI=1S/C18H26N2O/c1-12-6-9-17(10-13(12)2)19-15-4-3-5-16(11-15)20-18(21)14-7-8-14/h3-5,11-14,17,19H,6-10H2,1-2H3,(H,20,21). The molecule has 3 atom stereocenters. The van der Waals surface area contributed by atoms with Crippen molar-refractivity contribution in [3.63, 3.8) is 0 Å². The van der Waals surface area contributed by atoms with Crippen molar-refractivity contribution in [1.29, 1.82) is 0 Å². The second-order valence-electron chi connectivity index (χ2n) is 6.95. The van der Waals surface area contributed by atoms with Crippen LogP contribution in [0.2, 0.25) is 0 Å². The first-order chi connectivity index (χ1) is 10.1. The fourth-order valence-electron chi connectivity index (χ4n) is 3.19. The largest absolute Gasteiger partial charge is 0.382 e. The second kappa shape index (κ2) is 6.08. The first-order valence-corrected chi connectivity index (χ1v) is 8.29. The van der Waals surface area contributed by atoms with Gasteiger partial charge in [-0.2, -0.15) is 0 Å². The molecule has 2 saturated carbocycles. The zero-order valence-electron chi connectivity index (χ0n) is 13.1. The first kappa shape index (κ1) is 14.4. The summed E-state index contributed by atoms with van der Waals surface area (Å²) in [7, 11) is 0. The van der Waals surface area contributed by atoms with Gasteiger partial charge in [0.25, 0.3) is 0 Å². The average molecular weight is 286 g/mol. The van der Waals surface area contributed by atoms with Crippen LogP contribution in [0.5, 0.6) is 0 Å². The van der Waals surface area contributed by atoms with Crippen LogP contribution in [0.25, 0.3) is 0 Å². The molecule has 2 aliphatic rings. The smallest absolute Gasteiger partial charge is 0.227 e. The second-order valence-corrected chi connectivity index (χ2v) is 6.95. The van der Waals surface area contributed by atoms with Gasteiger partial charge < -0.3 is 10.6 Å². The van der Waals surface area contributed by atoms with Crippen molar-refractivity contribution < 1.29 is 4.79 Å². The Morgan fingerprint density at radius 3 is 2.52 bits per heavy atom. The minimum Gasteiger partial charge on any atom is -0.382 e. The maximum Gasteiger partial charge on any atom is 0.227 e. The average Bonchev–Trinajstić information content (AvgIpc) is 3.28. The molecule has 3 rings (SSSR count). The number of carbonyl (C=O) groups excluding carboxylic acids is 1. The molecule has 3 nitrogen and oxygen atoms in total. The fraction of sp³-hybridized carbons (Fsp3) is 0.611. The van der Waals surface area contributed by atoms with Crippen LogP contribution in [0.15, 0.2) is 24.3 Å². The van der Waals surface area contributed by atoms with Gasteiger partial charge in [0.15, 0.2) is 0 Å². The Morgan fingerprint density at radius 1 is 1.05 bits per heavy atom. The van der Waals surface area contributed by atoms with Crippen molar-refractivity contribution in [2.24, 2.45) is 17.8 Å². The Hall–Kier alpha value is -1.51. The van der Waals surface area contributed by atoms with Crippen LogP contribution in [-0.2, 0) is 4.79 Å². The molecular formula is C18H26N2O. The lowest BCUT2D eigenvalue weighted by molar-refractivity contribution is -0.117. The van der Waals surface area contributed by atoms with E-state index in [9.17, 15) is 4.79 Å². The first-order valence-electron chi connectivity index (χ1n) is 8.29. The maximum absolute atomic E-state index is 11.8. The summed E-state index contributed by atoms with van der Waals surface area (Å²) in [5.41, 5.74) is 2.03. The summed E-state index contributed by atoms with van der Waals surface area (Å²) < 4.78 is 0. The van der Waals surface area contributed by atoms with Crippen LogP contribution >= 0.6 is 0 Å². The van der Waals surface area contributed by atoms with Crippen LogP contribution in [-0.4, -0.2) is 11.9 Å². The van der Waals surface area contributed by atoms with Crippen molar-refractivity contribution in [2.75, 3.05) is 10.6 Å². The molecule has 0 saturated heterocycles. The highest BCUT2D eigenvalue weighted by atomic mass is 16.2. The molecule has 1 amide bonds. The summed E-state index contributed by atoms with van der Waals surface area (Å²) in [6.45, 7) is 4.71. The molecule has 3 heteroatoms. The summed E-state index contributed by atoms with van der Waals surface area (Å²) in [6.07, 6.45) is 5.87. The lowest BCUT2D eigenvalue weighted by atomic mass is 9.79. The number of amides is 1. The van der Waals surface area contributed by atoms with Crippen LogP contribution in [0.4, 0.5) is 11.4 Å². The molecule has 0 bridgehead atoms. The summed E-state index contributed by atoms with van der Waals surface area (Å²) >= 11 is 0. The monoisotopic (exact) mass is 286 g/mol. The number of benzene rings is 1. The zero-order valence-corrected chi connectivity index (χ0v) is 13.1. The number of hydrogen-bond acceptors (Lipinski definition) is 2. The van der Waals surface area contributed by atoms with Crippen molar-refractivity contribution in [3.8, 4) is 0 Å². The van der Waals surface area contributed by atoms with Gasteiger partial charge >= 0.3 is 0 Å². The molecule has 0 spiro atoms. The third kappa shape index (κ3) is 3.78. The van der Waals surface area contributed by atoms with Gasteiger partial charge in [0.05, 0.1) is 0 Å². The van der Waals surface area contributed by atoms with Crippen LogP contribution in [0.1, 0.15) is 46.0 Å². The van der Waals surface area contributed by atoms with Crippen molar-refractivity contribution in [2.45, 2.75) is 52.0 Å². The van der Waals surface area contributed by atoms with Gasteiger partial charge in [-0.15, -0.1) is 0 Å². The topological polar surface area (TPSA) is 41.1 Å². The van der Waals surface area contributed by atoms with Gasteiger partial charge in [0, 0.05) is 23.3 Å². The molecule has 0 radical (unpaired) electrons. The molecule has 0 aliphatic heterocycles. The van der Waals surface area contributed by atoms with E-state index in [1.54, 1.807) is 0 Å². The Kier molecular flexibility index (Phi) is 4.18. The number of anilines is 2.